The van der Waals surface area contributed by atoms with Crippen molar-refractivity contribution in [2.75, 3.05) is 0 Å². The number of halogens is 1. The van der Waals surface area contributed by atoms with Crippen LogP contribution >= 0.6 is 11.6 Å². The van der Waals surface area contributed by atoms with Crippen LogP contribution in [-0.2, 0) is 0 Å². The molecular weight excluding hydrogens is 160 g/mol. The van der Waals surface area contributed by atoms with Crippen LogP contribution in [0.15, 0.2) is 24.3 Å². The molecule has 0 amide bonds. The Morgan fingerprint density at radius 2 is 2.09 bits per heavy atom. The van der Waals surface area contributed by atoms with Gasteiger partial charge in [-0.05, 0) is 23.7 Å². The average molecular weight is 165 g/mol. The second kappa shape index (κ2) is 3.23. The maximum atomic E-state index is 10.7. The Hall–Kier alpha value is -1.26. The minimum atomic E-state index is -0.515. The van der Waals surface area contributed by atoms with Crippen LogP contribution in [0.1, 0.15) is 15.9 Å². The molecule has 1 nitrogen and oxygen atoms in total. The number of carbonyl (C=O) groups excluding carboxylic acids is 1. The molecule has 1 aromatic rings. The Balaban J connectivity index is 3.26. The molecule has 0 spiro atoms. The van der Waals surface area contributed by atoms with Crippen LogP contribution in [0.5, 0.6) is 0 Å². The first-order valence-electron chi connectivity index (χ1n) is 3.01. The summed E-state index contributed by atoms with van der Waals surface area (Å²) in [5.41, 5.74) is 0.921. The number of rotatable bonds is 1. The van der Waals surface area contributed by atoms with Gasteiger partial charge in [-0.15, -0.1) is 6.42 Å². The molecule has 0 atom stereocenters. The van der Waals surface area contributed by atoms with Crippen molar-refractivity contribution in [1.82, 2.24) is 0 Å². The lowest BCUT2D eigenvalue weighted by molar-refractivity contribution is 0.108. The van der Waals surface area contributed by atoms with Crippen molar-refractivity contribution >= 4 is 16.8 Å². The van der Waals surface area contributed by atoms with E-state index >= 15 is 0 Å². The number of hydrogen-bond acceptors (Lipinski definition) is 1. The molecule has 0 fully saturated rings. The van der Waals surface area contributed by atoms with E-state index in [1.54, 1.807) is 24.3 Å². The van der Waals surface area contributed by atoms with Crippen LogP contribution in [0.4, 0.5) is 0 Å². The summed E-state index contributed by atoms with van der Waals surface area (Å²) in [6, 6.07) is 6.76. The van der Waals surface area contributed by atoms with Gasteiger partial charge in [0, 0.05) is 11.1 Å². The topological polar surface area (TPSA) is 17.1 Å². The maximum Gasteiger partial charge on any atom is 0.253 e. The zero-order valence-corrected chi connectivity index (χ0v) is 6.43. The lowest BCUT2D eigenvalue weighted by Gasteiger charge is -1.95. The maximum absolute atomic E-state index is 10.7. The SMILES string of the molecule is C#Cc1ccccc1C(=O)Cl. The third kappa shape index (κ3) is 1.60. The number of benzene rings is 1. The van der Waals surface area contributed by atoms with E-state index in [-0.39, 0.29) is 0 Å². The largest absolute Gasteiger partial charge is 0.276 e. The minimum absolute atomic E-state index is 0.386. The Morgan fingerprint density at radius 1 is 1.45 bits per heavy atom. The van der Waals surface area contributed by atoms with Crippen molar-refractivity contribution in [1.29, 1.82) is 0 Å². The van der Waals surface area contributed by atoms with Gasteiger partial charge in [0.1, 0.15) is 0 Å². The molecule has 0 saturated heterocycles. The van der Waals surface area contributed by atoms with Crippen LogP contribution in [0.2, 0.25) is 0 Å². The van der Waals surface area contributed by atoms with E-state index in [1.165, 1.54) is 0 Å². The second-order valence-electron chi connectivity index (χ2n) is 1.96. The van der Waals surface area contributed by atoms with Gasteiger partial charge in [-0.1, -0.05) is 18.1 Å². The van der Waals surface area contributed by atoms with Gasteiger partial charge in [0.2, 0.25) is 0 Å². The van der Waals surface area contributed by atoms with Gasteiger partial charge in [-0.25, -0.2) is 0 Å². The van der Waals surface area contributed by atoms with Crippen molar-refractivity contribution in [3.63, 3.8) is 0 Å². The molecule has 0 bridgehead atoms. The van der Waals surface area contributed by atoms with Gasteiger partial charge < -0.3 is 0 Å². The molecule has 0 aliphatic rings. The molecule has 2 heteroatoms. The zero-order chi connectivity index (χ0) is 8.27. The molecular formula is C9H5ClO. The Kier molecular flexibility index (Phi) is 2.30. The second-order valence-corrected chi connectivity index (χ2v) is 2.31. The van der Waals surface area contributed by atoms with Crippen molar-refractivity contribution in [3.8, 4) is 12.3 Å². The monoisotopic (exact) mass is 164 g/mol. The molecule has 0 aliphatic heterocycles. The van der Waals surface area contributed by atoms with Crippen molar-refractivity contribution in [3.05, 3.63) is 35.4 Å². The predicted octanol–water partition coefficient (Wildman–Crippen LogP) is 2.05. The Bertz CT molecular complexity index is 323. The number of carbonyl (C=O) groups is 1. The van der Waals surface area contributed by atoms with Crippen molar-refractivity contribution in [2.24, 2.45) is 0 Å². The Morgan fingerprint density at radius 3 is 2.55 bits per heavy atom. The van der Waals surface area contributed by atoms with Crippen LogP contribution in [0.25, 0.3) is 0 Å². The first-order valence-corrected chi connectivity index (χ1v) is 3.39. The summed E-state index contributed by atoms with van der Waals surface area (Å²) in [6.07, 6.45) is 5.13. The highest BCUT2D eigenvalue weighted by molar-refractivity contribution is 6.68. The van der Waals surface area contributed by atoms with E-state index in [4.69, 9.17) is 18.0 Å². The van der Waals surface area contributed by atoms with Gasteiger partial charge in [0.15, 0.2) is 0 Å². The summed E-state index contributed by atoms with van der Waals surface area (Å²) in [4.78, 5) is 10.7. The first kappa shape index (κ1) is 7.84. The smallest absolute Gasteiger partial charge is 0.253 e. The molecule has 0 aliphatic carbocycles. The molecule has 1 aromatic carbocycles. The quantitative estimate of drug-likeness (QED) is 0.459. The Labute approximate surface area is 70.0 Å². The molecule has 11 heavy (non-hydrogen) atoms. The van der Waals surface area contributed by atoms with E-state index in [0.29, 0.717) is 11.1 Å². The highest BCUT2D eigenvalue weighted by Gasteiger charge is 2.04. The van der Waals surface area contributed by atoms with Gasteiger partial charge >= 0.3 is 0 Å². The van der Waals surface area contributed by atoms with E-state index in [2.05, 4.69) is 5.92 Å². The fourth-order valence-corrected chi connectivity index (χ4v) is 0.945. The summed E-state index contributed by atoms with van der Waals surface area (Å²) in [5, 5.41) is -0.515. The van der Waals surface area contributed by atoms with Crippen molar-refractivity contribution < 1.29 is 4.79 Å². The molecule has 0 N–H and O–H groups in total. The van der Waals surface area contributed by atoms with Gasteiger partial charge in [0.05, 0.1) is 0 Å². The lowest BCUT2D eigenvalue weighted by atomic mass is 10.1. The highest BCUT2D eigenvalue weighted by atomic mass is 35.5. The predicted molar refractivity (Wildman–Crippen MR) is 44.6 cm³/mol. The molecule has 54 valence electrons. The van der Waals surface area contributed by atoms with Crippen LogP contribution in [-0.4, -0.2) is 5.24 Å². The molecule has 0 unspecified atom stereocenters. The van der Waals surface area contributed by atoms with Crippen molar-refractivity contribution in [2.45, 2.75) is 0 Å². The van der Waals surface area contributed by atoms with E-state index in [1.807, 2.05) is 0 Å². The van der Waals surface area contributed by atoms with Crippen LogP contribution in [0.3, 0.4) is 0 Å². The molecule has 0 radical (unpaired) electrons. The third-order valence-electron chi connectivity index (χ3n) is 1.29. The average Bonchev–Trinajstić information content (AvgIpc) is 2.04. The number of terminal acetylenes is 1. The highest BCUT2D eigenvalue weighted by Crippen LogP contribution is 2.09. The number of hydrogen-bond donors (Lipinski definition) is 0. The standard InChI is InChI=1S/C9H5ClO/c1-2-7-5-3-4-6-8(7)9(10)11/h1,3-6H. The van der Waals surface area contributed by atoms with Gasteiger partial charge in [0.25, 0.3) is 5.24 Å². The van der Waals surface area contributed by atoms with Gasteiger partial charge in [-0.2, -0.15) is 0 Å². The fraction of sp³-hybridized carbons (Fsp3) is 0. The van der Waals surface area contributed by atoms with Gasteiger partial charge in [-0.3, -0.25) is 4.79 Å². The lowest BCUT2D eigenvalue weighted by Crippen LogP contribution is -1.92. The summed E-state index contributed by atoms with van der Waals surface area (Å²) >= 11 is 5.25. The van der Waals surface area contributed by atoms with Crippen LogP contribution in [0, 0.1) is 12.3 Å². The third-order valence-corrected chi connectivity index (χ3v) is 1.50. The van der Waals surface area contributed by atoms with E-state index < -0.39 is 5.24 Å². The van der Waals surface area contributed by atoms with E-state index in [9.17, 15) is 4.79 Å². The van der Waals surface area contributed by atoms with E-state index in [0.717, 1.165) is 0 Å². The first-order chi connectivity index (χ1) is 5.25. The summed E-state index contributed by atoms with van der Waals surface area (Å²) in [6.45, 7) is 0. The molecule has 0 heterocycles. The summed E-state index contributed by atoms with van der Waals surface area (Å²) in [7, 11) is 0. The molecule has 0 saturated carbocycles. The van der Waals surface area contributed by atoms with Crippen LogP contribution < -0.4 is 0 Å². The zero-order valence-electron chi connectivity index (χ0n) is 5.67. The normalized spacial score (nSPS) is 8.73. The summed E-state index contributed by atoms with van der Waals surface area (Å²) < 4.78 is 0. The fourth-order valence-electron chi connectivity index (χ4n) is 0.780. The summed E-state index contributed by atoms with van der Waals surface area (Å²) in [5.74, 6) is 2.37. The minimum Gasteiger partial charge on any atom is -0.276 e. The molecule has 0 aromatic heterocycles. The molecule has 1 rings (SSSR count).